The molecule has 164 valence electrons. The van der Waals surface area contributed by atoms with Gasteiger partial charge in [-0.15, -0.1) is 11.3 Å². The third-order valence-electron chi connectivity index (χ3n) is 4.45. The van der Waals surface area contributed by atoms with Gasteiger partial charge in [0.1, 0.15) is 11.3 Å². The molecular weight excluding hydrogens is 390 g/mol. The fourth-order valence-corrected chi connectivity index (χ4v) is 3.97. The lowest BCUT2D eigenvalue weighted by molar-refractivity contribution is 0.0204. The van der Waals surface area contributed by atoms with Crippen molar-refractivity contribution in [3.63, 3.8) is 0 Å². The molecule has 8 heteroatoms. The number of hydrogen-bond acceptors (Lipinski definition) is 6. The Labute approximate surface area is 178 Å². The Morgan fingerprint density at radius 1 is 1.31 bits per heavy atom. The number of hydrogen-bond donors (Lipinski definition) is 1. The molecule has 1 fully saturated rings. The fraction of sp³-hybridized carbons (Fsp3) is 0.762. The predicted octanol–water partition coefficient (Wildman–Crippen LogP) is 4.05. The minimum atomic E-state index is -0.480. The number of carbonyl (C=O) groups is 2. The number of ether oxygens (including phenoxy) is 2. The second kappa shape index (κ2) is 10.9. The van der Waals surface area contributed by atoms with E-state index in [0.717, 1.165) is 30.9 Å². The molecule has 0 bridgehead atoms. The number of amides is 2. The Hall–Kier alpha value is -1.67. The molecule has 0 unspecified atom stereocenters. The minimum Gasteiger partial charge on any atom is -0.444 e. The van der Waals surface area contributed by atoms with Crippen LogP contribution in [0.1, 0.15) is 75.3 Å². The van der Waals surface area contributed by atoms with Crippen LogP contribution < -0.4 is 5.32 Å². The van der Waals surface area contributed by atoms with E-state index in [1.165, 1.54) is 11.3 Å². The molecule has 7 nitrogen and oxygen atoms in total. The number of rotatable bonds is 8. The largest absolute Gasteiger partial charge is 0.444 e. The van der Waals surface area contributed by atoms with E-state index >= 15 is 0 Å². The van der Waals surface area contributed by atoms with Gasteiger partial charge in [-0.05, 0) is 46.0 Å². The predicted molar refractivity (Wildman–Crippen MR) is 115 cm³/mol. The molecular formula is C21H35N3O4S. The number of aromatic nitrogens is 1. The molecule has 2 amide bonds. The molecule has 1 aliphatic rings. The van der Waals surface area contributed by atoms with E-state index in [1.807, 2.05) is 26.2 Å². The molecule has 0 aromatic carbocycles. The molecule has 29 heavy (non-hydrogen) atoms. The van der Waals surface area contributed by atoms with Gasteiger partial charge in [-0.25, -0.2) is 9.78 Å². The van der Waals surface area contributed by atoms with Crippen molar-refractivity contribution in [2.75, 3.05) is 32.8 Å². The SMILES string of the molecule is CC(C)COCCCNC(=O)c1csc(C2CCN(C(=O)OC(C)(C)C)CC2)n1. The highest BCUT2D eigenvalue weighted by Gasteiger charge is 2.29. The van der Waals surface area contributed by atoms with E-state index < -0.39 is 5.60 Å². The van der Waals surface area contributed by atoms with Crippen molar-refractivity contribution >= 4 is 23.3 Å². The van der Waals surface area contributed by atoms with E-state index in [-0.39, 0.29) is 17.9 Å². The Morgan fingerprint density at radius 2 is 2.00 bits per heavy atom. The molecule has 0 radical (unpaired) electrons. The first kappa shape index (κ1) is 23.6. The van der Waals surface area contributed by atoms with Crippen molar-refractivity contribution in [2.45, 2.75) is 65.4 Å². The van der Waals surface area contributed by atoms with Crippen molar-refractivity contribution in [2.24, 2.45) is 5.92 Å². The molecule has 1 aromatic rings. The molecule has 2 rings (SSSR count). The third-order valence-corrected chi connectivity index (χ3v) is 5.46. The van der Waals surface area contributed by atoms with Crippen LogP contribution in [0.2, 0.25) is 0 Å². The van der Waals surface area contributed by atoms with Gasteiger partial charge in [0.05, 0.1) is 5.01 Å². The van der Waals surface area contributed by atoms with Crippen LogP contribution in [-0.2, 0) is 9.47 Å². The highest BCUT2D eigenvalue weighted by Crippen LogP contribution is 2.30. The summed E-state index contributed by atoms with van der Waals surface area (Å²) in [6.45, 7) is 13.1. The van der Waals surface area contributed by atoms with Gasteiger partial charge in [0.25, 0.3) is 5.91 Å². The monoisotopic (exact) mass is 425 g/mol. The van der Waals surface area contributed by atoms with Crippen molar-refractivity contribution in [1.29, 1.82) is 0 Å². The van der Waals surface area contributed by atoms with Crippen molar-refractivity contribution in [1.82, 2.24) is 15.2 Å². The maximum atomic E-state index is 12.3. The Morgan fingerprint density at radius 3 is 2.62 bits per heavy atom. The number of piperidine rings is 1. The van der Waals surface area contributed by atoms with Crippen LogP contribution in [0.3, 0.4) is 0 Å². The van der Waals surface area contributed by atoms with Crippen LogP contribution >= 0.6 is 11.3 Å². The number of nitrogens with zero attached hydrogens (tertiary/aromatic N) is 2. The van der Waals surface area contributed by atoms with Gasteiger partial charge in [0.15, 0.2) is 0 Å². The van der Waals surface area contributed by atoms with Crippen molar-refractivity contribution < 1.29 is 19.1 Å². The van der Waals surface area contributed by atoms with Crippen molar-refractivity contribution in [3.8, 4) is 0 Å². The van der Waals surface area contributed by atoms with Gasteiger partial charge >= 0.3 is 6.09 Å². The van der Waals surface area contributed by atoms with Crippen LogP contribution in [0.5, 0.6) is 0 Å². The first-order chi connectivity index (χ1) is 13.7. The summed E-state index contributed by atoms with van der Waals surface area (Å²) in [5, 5.41) is 5.69. The maximum absolute atomic E-state index is 12.3. The van der Waals surface area contributed by atoms with Crippen LogP contribution in [0.4, 0.5) is 4.79 Å². The van der Waals surface area contributed by atoms with E-state index in [9.17, 15) is 9.59 Å². The Bertz CT molecular complexity index is 661. The fourth-order valence-electron chi connectivity index (χ4n) is 3.00. The standard InChI is InChI=1S/C21H35N3O4S/c1-15(2)13-27-12-6-9-22-18(25)17-14-29-19(23-17)16-7-10-24(11-8-16)20(26)28-21(3,4)5/h14-16H,6-13H2,1-5H3,(H,22,25). The van der Waals surface area contributed by atoms with Crippen LogP contribution in [0.15, 0.2) is 5.38 Å². The van der Waals surface area contributed by atoms with E-state index in [2.05, 4.69) is 24.1 Å². The second-order valence-electron chi connectivity index (χ2n) is 8.89. The van der Waals surface area contributed by atoms with Gasteiger partial charge in [-0.3, -0.25) is 4.79 Å². The molecule has 0 spiro atoms. The molecule has 2 heterocycles. The molecule has 0 saturated carbocycles. The zero-order valence-corrected chi connectivity index (χ0v) is 19.1. The first-order valence-electron chi connectivity index (χ1n) is 10.4. The van der Waals surface area contributed by atoms with E-state index in [0.29, 0.717) is 37.9 Å². The molecule has 1 aromatic heterocycles. The molecule has 1 saturated heterocycles. The lowest BCUT2D eigenvalue weighted by atomic mass is 9.98. The number of likely N-dealkylation sites (tertiary alicyclic amines) is 1. The first-order valence-corrected chi connectivity index (χ1v) is 11.3. The third kappa shape index (κ3) is 8.30. The minimum absolute atomic E-state index is 0.137. The summed E-state index contributed by atoms with van der Waals surface area (Å²) in [6.07, 6.45) is 2.20. The Kier molecular flexibility index (Phi) is 8.89. The summed E-state index contributed by atoms with van der Waals surface area (Å²) in [7, 11) is 0. The summed E-state index contributed by atoms with van der Waals surface area (Å²) in [6, 6.07) is 0. The van der Waals surface area contributed by atoms with Gasteiger partial charge in [0, 0.05) is 44.1 Å². The van der Waals surface area contributed by atoms with Gasteiger partial charge in [-0.1, -0.05) is 13.8 Å². The highest BCUT2D eigenvalue weighted by atomic mass is 32.1. The molecule has 1 aliphatic heterocycles. The van der Waals surface area contributed by atoms with E-state index in [4.69, 9.17) is 9.47 Å². The van der Waals surface area contributed by atoms with Gasteiger partial charge in [-0.2, -0.15) is 0 Å². The maximum Gasteiger partial charge on any atom is 0.410 e. The second-order valence-corrected chi connectivity index (χ2v) is 9.78. The van der Waals surface area contributed by atoms with Crippen molar-refractivity contribution in [3.05, 3.63) is 16.1 Å². The summed E-state index contributed by atoms with van der Waals surface area (Å²) in [4.78, 5) is 30.8. The summed E-state index contributed by atoms with van der Waals surface area (Å²) >= 11 is 1.52. The zero-order chi connectivity index (χ0) is 21.4. The Balaban J connectivity index is 1.73. The van der Waals surface area contributed by atoms with Crippen LogP contribution in [-0.4, -0.2) is 60.3 Å². The summed E-state index contributed by atoms with van der Waals surface area (Å²) < 4.78 is 11.0. The number of thiazole rings is 1. The topological polar surface area (TPSA) is 80.8 Å². The molecule has 0 atom stereocenters. The van der Waals surface area contributed by atoms with Crippen LogP contribution in [0.25, 0.3) is 0 Å². The summed E-state index contributed by atoms with van der Waals surface area (Å²) in [5.41, 5.74) is -0.00541. The average molecular weight is 426 g/mol. The highest BCUT2D eigenvalue weighted by molar-refractivity contribution is 7.09. The quantitative estimate of drug-likeness (QED) is 0.636. The molecule has 1 N–H and O–H groups in total. The normalized spacial score (nSPS) is 15.6. The van der Waals surface area contributed by atoms with Gasteiger partial charge in [0.2, 0.25) is 0 Å². The summed E-state index contributed by atoms with van der Waals surface area (Å²) in [5.74, 6) is 0.668. The van der Waals surface area contributed by atoms with Gasteiger partial charge < -0.3 is 19.7 Å². The zero-order valence-electron chi connectivity index (χ0n) is 18.3. The van der Waals surface area contributed by atoms with Crippen LogP contribution in [0, 0.1) is 5.92 Å². The lowest BCUT2D eigenvalue weighted by Crippen LogP contribution is -2.41. The van der Waals surface area contributed by atoms with E-state index in [1.54, 1.807) is 4.90 Å². The average Bonchev–Trinajstić information content (AvgIpc) is 3.13. The smallest absolute Gasteiger partial charge is 0.410 e. The molecule has 0 aliphatic carbocycles. The lowest BCUT2D eigenvalue weighted by Gasteiger charge is -2.32. The number of carbonyl (C=O) groups excluding carboxylic acids is 2. The number of nitrogens with one attached hydrogen (secondary N) is 1.